The molecule has 0 aliphatic carbocycles. The molecule has 0 unspecified atom stereocenters. The first kappa shape index (κ1) is 12.4. The molecular formula is C13H12O4S. The smallest absolute Gasteiger partial charge is 0.206 e. The van der Waals surface area contributed by atoms with Gasteiger partial charge in [-0.3, -0.25) is 0 Å². The summed E-state index contributed by atoms with van der Waals surface area (Å²) < 4.78 is 24.6. The van der Waals surface area contributed by atoms with E-state index in [0.717, 1.165) is 0 Å². The summed E-state index contributed by atoms with van der Waals surface area (Å²) in [6, 6.07) is 9.43. The van der Waals surface area contributed by atoms with Crippen molar-refractivity contribution in [1.82, 2.24) is 0 Å². The van der Waals surface area contributed by atoms with Crippen molar-refractivity contribution in [3.8, 4) is 11.5 Å². The molecule has 0 spiro atoms. The third-order valence-electron chi connectivity index (χ3n) is 2.60. The van der Waals surface area contributed by atoms with Crippen LogP contribution in [0.1, 0.15) is 5.56 Å². The zero-order chi connectivity index (χ0) is 13.3. The molecule has 4 nitrogen and oxygen atoms in total. The van der Waals surface area contributed by atoms with Crippen LogP contribution in [0.25, 0.3) is 0 Å². The van der Waals surface area contributed by atoms with Gasteiger partial charge >= 0.3 is 0 Å². The first-order valence-electron chi connectivity index (χ1n) is 5.25. The SMILES string of the molecule is Cc1cc(O)ccc1S(=O)(=O)c1ccc(O)cc1. The maximum absolute atomic E-state index is 12.3. The van der Waals surface area contributed by atoms with Gasteiger partial charge in [-0.05, 0) is 55.0 Å². The average Bonchev–Trinajstić information content (AvgIpc) is 2.29. The molecule has 0 amide bonds. The number of sulfone groups is 1. The van der Waals surface area contributed by atoms with Gasteiger partial charge in [-0.25, -0.2) is 8.42 Å². The fourth-order valence-corrected chi connectivity index (χ4v) is 3.17. The highest BCUT2D eigenvalue weighted by atomic mass is 32.2. The minimum absolute atomic E-state index is 0.0105. The maximum atomic E-state index is 12.3. The third kappa shape index (κ3) is 2.17. The lowest BCUT2D eigenvalue weighted by Crippen LogP contribution is -2.03. The number of phenolic OH excluding ortho intramolecular Hbond substituents is 2. The predicted octanol–water partition coefficient (Wildman–Crippen LogP) is 2.24. The second-order valence-electron chi connectivity index (χ2n) is 3.95. The quantitative estimate of drug-likeness (QED) is 0.872. The van der Waals surface area contributed by atoms with Crippen LogP contribution in [0, 0.1) is 6.92 Å². The number of aryl methyl sites for hydroxylation is 1. The number of rotatable bonds is 2. The highest BCUT2D eigenvalue weighted by molar-refractivity contribution is 7.91. The van der Waals surface area contributed by atoms with Gasteiger partial charge in [-0.1, -0.05) is 0 Å². The van der Waals surface area contributed by atoms with Gasteiger partial charge in [0.15, 0.2) is 0 Å². The van der Waals surface area contributed by atoms with Crippen LogP contribution in [0.2, 0.25) is 0 Å². The molecule has 0 aliphatic heterocycles. The van der Waals surface area contributed by atoms with Gasteiger partial charge in [-0.2, -0.15) is 0 Å². The molecule has 2 aromatic rings. The molecule has 18 heavy (non-hydrogen) atoms. The van der Waals surface area contributed by atoms with Crippen LogP contribution in [-0.2, 0) is 9.84 Å². The summed E-state index contributed by atoms with van der Waals surface area (Å²) in [5, 5.41) is 18.4. The number of hydrogen-bond donors (Lipinski definition) is 2. The minimum Gasteiger partial charge on any atom is -0.508 e. The van der Waals surface area contributed by atoms with E-state index in [0.29, 0.717) is 5.56 Å². The topological polar surface area (TPSA) is 74.6 Å². The predicted molar refractivity (Wildman–Crippen MR) is 66.4 cm³/mol. The summed E-state index contributed by atoms with van der Waals surface area (Å²) in [7, 11) is -3.63. The van der Waals surface area contributed by atoms with Crippen molar-refractivity contribution in [2.24, 2.45) is 0 Å². The van der Waals surface area contributed by atoms with Gasteiger partial charge in [0.05, 0.1) is 9.79 Å². The van der Waals surface area contributed by atoms with E-state index >= 15 is 0 Å². The molecule has 2 rings (SSSR count). The van der Waals surface area contributed by atoms with Gasteiger partial charge in [0.25, 0.3) is 0 Å². The zero-order valence-corrected chi connectivity index (χ0v) is 10.5. The molecule has 0 radical (unpaired) electrons. The van der Waals surface area contributed by atoms with Crippen LogP contribution in [0.5, 0.6) is 11.5 Å². The van der Waals surface area contributed by atoms with Gasteiger partial charge in [0.1, 0.15) is 11.5 Å². The number of benzene rings is 2. The van der Waals surface area contributed by atoms with Crippen molar-refractivity contribution in [3.05, 3.63) is 48.0 Å². The van der Waals surface area contributed by atoms with Gasteiger partial charge < -0.3 is 10.2 Å². The summed E-state index contributed by atoms with van der Waals surface area (Å²) in [5.74, 6) is 0.0357. The summed E-state index contributed by atoms with van der Waals surface area (Å²) in [6.45, 7) is 1.62. The summed E-state index contributed by atoms with van der Waals surface area (Å²) in [4.78, 5) is 0.250. The molecule has 0 saturated carbocycles. The Balaban J connectivity index is 2.58. The van der Waals surface area contributed by atoms with Crippen LogP contribution < -0.4 is 0 Å². The van der Waals surface area contributed by atoms with Crippen molar-refractivity contribution < 1.29 is 18.6 Å². The number of phenols is 2. The Morgan fingerprint density at radius 2 is 1.44 bits per heavy atom. The highest BCUT2D eigenvalue weighted by Gasteiger charge is 2.19. The normalized spacial score (nSPS) is 11.4. The molecular weight excluding hydrogens is 252 g/mol. The van der Waals surface area contributed by atoms with E-state index in [1.165, 1.54) is 42.5 Å². The second kappa shape index (κ2) is 4.34. The van der Waals surface area contributed by atoms with E-state index in [2.05, 4.69) is 0 Å². The molecule has 0 heterocycles. The third-order valence-corrected chi connectivity index (χ3v) is 4.52. The van der Waals surface area contributed by atoms with Crippen LogP contribution in [0.4, 0.5) is 0 Å². The van der Waals surface area contributed by atoms with Crippen LogP contribution in [0.3, 0.4) is 0 Å². The van der Waals surface area contributed by atoms with Crippen molar-refractivity contribution in [2.45, 2.75) is 16.7 Å². The van der Waals surface area contributed by atoms with Crippen molar-refractivity contribution >= 4 is 9.84 Å². The van der Waals surface area contributed by atoms with E-state index in [4.69, 9.17) is 5.11 Å². The van der Waals surface area contributed by atoms with E-state index in [1.54, 1.807) is 6.92 Å². The zero-order valence-electron chi connectivity index (χ0n) is 9.66. The van der Waals surface area contributed by atoms with Gasteiger partial charge in [0, 0.05) is 0 Å². The van der Waals surface area contributed by atoms with Crippen molar-refractivity contribution in [1.29, 1.82) is 0 Å². The van der Waals surface area contributed by atoms with Crippen LogP contribution in [0.15, 0.2) is 52.3 Å². The van der Waals surface area contributed by atoms with E-state index < -0.39 is 9.84 Å². The Bertz CT molecular complexity index is 673. The van der Waals surface area contributed by atoms with Crippen molar-refractivity contribution in [2.75, 3.05) is 0 Å². The second-order valence-corrected chi connectivity index (χ2v) is 5.87. The average molecular weight is 264 g/mol. The standard InChI is InChI=1S/C13H12O4S/c1-9-8-11(15)4-7-13(9)18(16,17)12-5-2-10(14)3-6-12/h2-8,14-15H,1H3. The van der Waals surface area contributed by atoms with Gasteiger partial charge in [0.2, 0.25) is 9.84 Å². The molecule has 0 bridgehead atoms. The lowest BCUT2D eigenvalue weighted by Gasteiger charge is -2.08. The molecule has 2 aromatic carbocycles. The fraction of sp³-hybridized carbons (Fsp3) is 0.0769. The number of hydrogen-bond acceptors (Lipinski definition) is 4. The molecule has 0 aliphatic rings. The molecule has 5 heteroatoms. The molecule has 94 valence electrons. The lowest BCUT2D eigenvalue weighted by molar-refractivity contribution is 0.474. The monoisotopic (exact) mass is 264 g/mol. The first-order chi connectivity index (χ1) is 8.41. The molecule has 0 saturated heterocycles. The van der Waals surface area contributed by atoms with Crippen LogP contribution >= 0.6 is 0 Å². The molecule has 0 atom stereocenters. The molecule has 0 aromatic heterocycles. The van der Waals surface area contributed by atoms with E-state index in [-0.39, 0.29) is 21.3 Å². The Kier molecular flexibility index (Phi) is 3.00. The Hall–Kier alpha value is -2.01. The minimum atomic E-state index is -3.63. The summed E-state index contributed by atoms with van der Waals surface area (Å²) in [6.07, 6.45) is 0. The van der Waals surface area contributed by atoms with E-state index in [9.17, 15) is 13.5 Å². The Morgan fingerprint density at radius 3 is 2.00 bits per heavy atom. The van der Waals surface area contributed by atoms with Gasteiger partial charge in [-0.15, -0.1) is 0 Å². The first-order valence-corrected chi connectivity index (χ1v) is 6.73. The summed E-state index contributed by atoms with van der Waals surface area (Å²) in [5.41, 5.74) is 0.475. The Labute approximate surface area is 105 Å². The highest BCUT2D eigenvalue weighted by Crippen LogP contribution is 2.27. The lowest BCUT2D eigenvalue weighted by atomic mass is 10.2. The molecule has 0 fully saturated rings. The molecule has 2 N–H and O–H groups in total. The maximum Gasteiger partial charge on any atom is 0.206 e. The van der Waals surface area contributed by atoms with E-state index in [1.807, 2.05) is 0 Å². The largest absolute Gasteiger partial charge is 0.508 e. The fourth-order valence-electron chi connectivity index (χ4n) is 1.69. The van der Waals surface area contributed by atoms with Crippen LogP contribution in [-0.4, -0.2) is 18.6 Å². The summed E-state index contributed by atoms with van der Waals surface area (Å²) >= 11 is 0. The number of aromatic hydroxyl groups is 2. The van der Waals surface area contributed by atoms with Crippen molar-refractivity contribution in [3.63, 3.8) is 0 Å². The Morgan fingerprint density at radius 1 is 0.889 bits per heavy atom.